The van der Waals surface area contributed by atoms with Crippen LogP contribution >= 0.6 is 63.7 Å². The van der Waals surface area contributed by atoms with Crippen molar-refractivity contribution in [2.75, 3.05) is 0 Å². The van der Waals surface area contributed by atoms with E-state index in [1.807, 2.05) is 0 Å². The third-order valence-corrected chi connectivity index (χ3v) is 6.93. The normalized spacial score (nSPS) is 14.9. The van der Waals surface area contributed by atoms with Crippen molar-refractivity contribution in [3.8, 4) is 11.5 Å². The fraction of sp³-hybridized carbons (Fsp3) is 0. The number of rotatable bonds is 4. The van der Waals surface area contributed by atoms with E-state index in [0.29, 0.717) is 14.5 Å². The van der Waals surface area contributed by atoms with Crippen LogP contribution in [0.3, 0.4) is 0 Å². The summed E-state index contributed by atoms with van der Waals surface area (Å²) in [5, 5.41) is 19.9. The van der Waals surface area contributed by atoms with E-state index in [9.17, 15) is 19.8 Å². The zero-order valence-electron chi connectivity index (χ0n) is 15.7. The van der Waals surface area contributed by atoms with Gasteiger partial charge in [0.25, 0.3) is 0 Å². The Kier molecular flexibility index (Phi) is 6.49. The lowest BCUT2D eigenvalue weighted by Crippen LogP contribution is -2.11. The van der Waals surface area contributed by atoms with E-state index in [0.717, 1.165) is 0 Å². The second-order valence-corrected chi connectivity index (χ2v) is 9.99. The number of furan rings is 1. The fourth-order valence-corrected chi connectivity index (χ4v) is 5.47. The number of ketones is 1. The first-order valence-corrected chi connectivity index (χ1v) is 12.0. The molecule has 0 saturated heterocycles. The van der Waals surface area contributed by atoms with Gasteiger partial charge in [0, 0.05) is 5.56 Å². The number of cyclic esters (lactones) is 1. The topological polar surface area (TPSA) is 97.0 Å². The summed E-state index contributed by atoms with van der Waals surface area (Å²) in [5.41, 5.74) is 0.754. The molecule has 0 atom stereocenters. The molecule has 0 radical (unpaired) electrons. The van der Waals surface area contributed by atoms with Crippen LogP contribution < -0.4 is 0 Å². The number of esters is 1. The Labute approximate surface area is 215 Å². The molecule has 2 aromatic carbocycles. The molecule has 1 aromatic heterocycles. The number of phenols is 2. The van der Waals surface area contributed by atoms with Crippen molar-refractivity contribution in [1.82, 2.24) is 0 Å². The van der Waals surface area contributed by atoms with Crippen molar-refractivity contribution >= 4 is 87.1 Å². The first-order chi connectivity index (χ1) is 15.2. The summed E-state index contributed by atoms with van der Waals surface area (Å²) in [5.74, 6) is -1.07. The van der Waals surface area contributed by atoms with Gasteiger partial charge < -0.3 is 19.4 Å². The summed E-state index contributed by atoms with van der Waals surface area (Å²) < 4.78 is 12.4. The lowest BCUT2D eigenvalue weighted by molar-refractivity contribution is -0.132. The number of benzene rings is 2. The minimum atomic E-state index is -0.829. The summed E-state index contributed by atoms with van der Waals surface area (Å²) in [6.45, 7) is 0. The van der Waals surface area contributed by atoms with Crippen LogP contribution in [0.5, 0.6) is 11.5 Å². The molecule has 0 amide bonds. The van der Waals surface area contributed by atoms with Crippen LogP contribution in [0.1, 0.15) is 21.7 Å². The summed E-state index contributed by atoms with van der Waals surface area (Å²) in [7, 11) is 0. The smallest absolute Gasteiger partial charge is 0.348 e. The third kappa shape index (κ3) is 4.24. The fourth-order valence-electron chi connectivity index (χ4n) is 3.06. The summed E-state index contributed by atoms with van der Waals surface area (Å²) in [6.07, 6.45) is 2.99. The molecule has 6 nitrogen and oxygen atoms in total. The highest BCUT2D eigenvalue weighted by Crippen LogP contribution is 2.41. The molecule has 0 unspecified atom stereocenters. The van der Waals surface area contributed by atoms with Gasteiger partial charge in [0.15, 0.2) is 0 Å². The molecule has 1 aliphatic heterocycles. The first kappa shape index (κ1) is 23.0. The predicted molar refractivity (Wildman–Crippen MR) is 131 cm³/mol. The minimum absolute atomic E-state index is 0.0247. The summed E-state index contributed by atoms with van der Waals surface area (Å²) in [4.78, 5) is 26.1. The number of Topliss-reactive ketones (excluding diaryl/α,β-unsaturated/α-hetero) is 1. The van der Waals surface area contributed by atoms with Crippen LogP contribution in [0, 0.1) is 0 Å². The molecule has 2 N–H and O–H groups in total. The lowest BCUT2D eigenvalue weighted by atomic mass is 9.97. The molecule has 3 aromatic rings. The Balaban J connectivity index is 1.90. The quantitative estimate of drug-likeness (QED) is 0.175. The number of carbonyl (C=O) groups excluding carboxylic acids is 2. The lowest BCUT2D eigenvalue weighted by Gasteiger charge is -2.06. The molecule has 0 saturated carbocycles. The molecule has 0 spiro atoms. The van der Waals surface area contributed by atoms with Crippen molar-refractivity contribution in [2.24, 2.45) is 0 Å². The highest BCUT2D eigenvalue weighted by Gasteiger charge is 2.37. The molecule has 0 fully saturated rings. The Morgan fingerprint density at radius 1 is 0.906 bits per heavy atom. The van der Waals surface area contributed by atoms with Crippen molar-refractivity contribution < 1.29 is 29.0 Å². The Hall–Kier alpha value is -2.14. The van der Waals surface area contributed by atoms with E-state index in [4.69, 9.17) is 9.15 Å². The number of ether oxygens (including phenoxy) is 1. The van der Waals surface area contributed by atoms with Gasteiger partial charge in [0.05, 0.1) is 29.7 Å². The maximum Gasteiger partial charge on any atom is 0.348 e. The van der Waals surface area contributed by atoms with Gasteiger partial charge in [0.2, 0.25) is 5.78 Å². The number of halogens is 4. The van der Waals surface area contributed by atoms with Crippen LogP contribution in [-0.4, -0.2) is 22.0 Å². The maximum atomic E-state index is 13.3. The Bertz CT molecular complexity index is 1290. The van der Waals surface area contributed by atoms with Crippen molar-refractivity contribution in [3.05, 3.63) is 88.8 Å². The van der Waals surface area contributed by atoms with Crippen LogP contribution in [-0.2, 0) is 9.53 Å². The summed E-state index contributed by atoms with van der Waals surface area (Å²) in [6, 6.07) is 9.34. The number of carbonyl (C=O) groups is 2. The van der Waals surface area contributed by atoms with E-state index < -0.39 is 11.8 Å². The maximum absolute atomic E-state index is 13.3. The molecule has 0 bridgehead atoms. The molecule has 1 aliphatic rings. The van der Waals surface area contributed by atoms with Gasteiger partial charge in [-0.05, 0) is 112 Å². The number of hydrogen-bond acceptors (Lipinski definition) is 6. The SMILES string of the molecule is O=C1O/C(=C\c2cc(Br)c(O)c(Br)c2)C(c2ccco2)=C1C(=O)c1cc(Br)c(O)c(Br)c1. The predicted octanol–water partition coefficient (Wildman–Crippen LogP) is 6.98. The average Bonchev–Trinajstić information content (AvgIpc) is 3.36. The van der Waals surface area contributed by atoms with Crippen LogP contribution in [0.25, 0.3) is 11.6 Å². The number of hydrogen-bond donors (Lipinski definition) is 2. The molecular weight excluding hydrogens is 680 g/mol. The zero-order chi connectivity index (χ0) is 23.2. The second-order valence-electron chi connectivity index (χ2n) is 6.58. The molecule has 162 valence electrons. The van der Waals surface area contributed by atoms with E-state index in [1.54, 1.807) is 30.3 Å². The van der Waals surface area contributed by atoms with Crippen molar-refractivity contribution in [1.29, 1.82) is 0 Å². The van der Waals surface area contributed by atoms with Crippen molar-refractivity contribution in [3.63, 3.8) is 0 Å². The second kappa shape index (κ2) is 9.01. The summed E-state index contributed by atoms with van der Waals surface area (Å²) >= 11 is 12.9. The van der Waals surface area contributed by atoms with Gasteiger partial charge in [0.1, 0.15) is 28.6 Å². The first-order valence-electron chi connectivity index (χ1n) is 8.80. The third-order valence-electron chi connectivity index (χ3n) is 4.51. The van der Waals surface area contributed by atoms with Gasteiger partial charge in [-0.2, -0.15) is 0 Å². The van der Waals surface area contributed by atoms with E-state index in [2.05, 4.69) is 63.7 Å². The van der Waals surface area contributed by atoms with Gasteiger partial charge in [-0.25, -0.2) is 4.79 Å². The molecule has 32 heavy (non-hydrogen) atoms. The Morgan fingerprint density at radius 3 is 2.00 bits per heavy atom. The van der Waals surface area contributed by atoms with Crippen LogP contribution in [0.2, 0.25) is 0 Å². The average molecular weight is 690 g/mol. The van der Waals surface area contributed by atoms with Gasteiger partial charge >= 0.3 is 5.97 Å². The molecule has 10 heteroatoms. The number of aromatic hydroxyl groups is 2. The van der Waals surface area contributed by atoms with Crippen molar-refractivity contribution in [2.45, 2.75) is 0 Å². The highest BCUT2D eigenvalue weighted by atomic mass is 79.9. The van der Waals surface area contributed by atoms with Gasteiger partial charge in [-0.1, -0.05) is 0 Å². The molecule has 0 aliphatic carbocycles. The number of allylic oxidation sites excluding steroid dienone is 1. The Morgan fingerprint density at radius 2 is 1.47 bits per heavy atom. The van der Waals surface area contributed by atoms with E-state index in [-0.39, 0.29) is 48.7 Å². The van der Waals surface area contributed by atoms with E-state index in [1.165, 1.54) is 18.4 Å². The minimum Gasteiger partial charge on any atom is -0.506 e. The highest BCUT2D eigenvalue weighted by molar-refractivity contribution is 9.11. The van der Waals surface area contributed by atoms with Crippen LogP contribution in [0.4, 0.5) is 0 Å². The number of phenolic OH excluding ortho intramolecular Hbond substituents is 2. The van der Waals surface area contributed by atoms with Crippen LogP contribution in [0.15, 0.2) is 76.3 Å². The van der Waals surface area contributed by atoms with Gasteiger partial charge in [-0.15, -0.1) is 0 Å². The monoisotopic (exact) mass is 686 g/mol. The van der Waals surface area contributed by atoms with E-state index >= 15 is 0 Å². The molecule has 4 rings (SSSR count). The molecular formula is C22H10Br4O6. The zero-order valence-corrected chi connectivity index (χ0v) is 22.0. The largest absolute Gasteiger partial charge is 0.506 e. The molecule has 2 heterocycles. The standard InChI is InChI=1S/C22H10Br4O6/c23-11-4-9(5-12(24)20(11)28)6-16-17(15-2-1-3-31-15)18(22(30)32-16)19(27)10-7-13(25)21(29)14(26)8-10/h1-8,28-29H/b16-6-. The van der Waals surface area contributed by atoms with Gasteiger partial charge in [-0.3, -0.25) is 4.79 Å².